The fourth-order valence-electron chi connectivity index (χ4n) is 2.36. The minimum atomic E-state index is -0.229. The van der Waals surface area contributed by atoms with Crippen LogP contribution in [0.5, 0.6) is 5.75 Å². The molecule has 0 fully saturated rings. The number of hydrogen-bond acceptors (Lipinski definition) is 2. The first-order valence-electron chi connectivity index (χ1n) is 6.74. The molecule has 0 aliphatic carbocycles. The Hall–Kier alpha value is -2.81. The highest BCUT2D eigenvalue weighted by Crippen LogP contribution is 2.26. The summed E-state index contributed by atoms with van der Waals surface area (Å²) < 4.78 is 0. The molecular formula is C18H15NO2. The molecule has 3 rings (SSSR count). The Kier molecular flexibility index (Phi) is 3.32. The highest BCUT2D eigenvalue weighted by atomic mass is 16.3. The molecule has 0 saturated carbocycles. The van der Waals surface area contributed by atoms with Gasteiger partial charge in [-0.25, -0.2) is 0 Å². The molecule has 0 atom stereocenters. The van der Waals surface area contributed by atoms with Gasteiger partial charge in [0, 0.05) is 5.56 Å². The first kappa shape index (κ1) is 13.2. The predicted molar refractivity (Wildman–Crippen MR) is 84.7 cm³/mol. The van der Waals surface area contributed by atoms with Crippen molar-refractivity contribution in [1.82, 2.24) is 0 Å². The Morgan fingerprint density at radius 2 is 1.76 bits per heavy atom. The zero-order valence-corrected chi connectivity index (χ0v) is 11.6. The van der Waals surface area contributed by atoms with Gasteiger partial charge in [-0.3, -0.25) is 4.79 Å². The predicted octanol–water partition coefficient (Wildman–Crippen LogP) is 4.11. The van der Waals surface area contributed by atoms with Crippen molar-refractivity contribution < 1.29 is 9.90 Å². The van der Waals surface area contributed by atoms with Crippen molar-refractivity contribution in [3.63, 3.8) is 0 Å². The maximum atomic E-state index is 12.5. The maximum Gasteiger partial charge on any atom is 0.256 e. The molecule has 104 valence electrons. The summed E-state index contributed by atoms with van der Waals surface area (Å²) in [6.45, 7) is 1.91. The molecule has 3 heteroatoms. The van der Waals surface area contributed by atoms with E-state index in [1.807, 2.05) is 43.3 Å². The first-order valence-corrected chi connectivity index (χ1v) is 6.74. The molecule has 0 unspecified atom stereocenters. The number of nitrogens with one attached hydrogen (secondary N) is 1. The average Bonchev–Trinajstić information content (AvgIpc) is 2.50. The van der Waals surface area contributed by atoms with Gasteiger partial charge in [0.1, 0.15) is 5.75 Å². The summed E-state index contributed by atoms with van der Waals surface area (Å²) >= 11 is 0. The van der Waals surface area contributed by atoms with Crippen LogP contribution in [0.15, 0.2) is 60.7 Å². The number of benzene rings is 3. The van der Waals surface area contributed by atoms with Crippen molar-refractivity contribution in [2.24, 2.45) is 0 Å². The largest absolute Gasteiger partial charge is 0.506 e. The minimum Gasteiger partial charge on any atom is -0.506 e. The van der Waals surface area contributed by atoms with Gasteiger partial charge in [0.15, 0.2) is 0 Å². The molecule has 3 aromatic rings. The highest BCUT2D eigenvalue weighted by molar-refractivity contribution is 6.13. The van der Waals surface area contributed by atoms with Gasteiger partial charge in [0.2, 0.25) is 0 Å². The zero-order valence-electron chi connectivity index (χ0n) is 11.6. The van der Waals surface area contributed by atoms with Gasteiger partial charge >= 0.3 is 0 Å². The smallest absolute Gasteiger partial charge is 0.256 e. The number of phenols is 1. The summed E-state index contributed by atoms with van der Waals surface area (Å²) in [4.78, 5) is 12.5. The highest BCUT2D eigenvalue weighted by Gasteiger charge is 2.11. The van der Waals surface area contributed by atoms with Crippen LogP contribution in [0.3, 0.4) is 0 Å². The van der Waals surface area contributed by atoms with Crippen molar-refractivity contribution >= 4 is 22.4 Å². The fraction of sp³-hybridized carbons (Fsp3) is 0.0556. The third-order valence-electron chi connectivity index (χ3n) is 3.43. The molecule has 2 N–H and O–H groups in total. The summed E-state index contributed by atoms with van der Waals surface area (Å²) in [5.41, 5.74) is 1.99. The molecule has 0 aromatic heterocycles. The van der Waals surface area contributed by atoms with E-state index < -0.39 is 0 Å². The van der Waals surface area contributed by atoms with Gasteiger partial charge in [-0.05, 0) is 41.5 Å². The normalized spacial score (nSPS) is 10.5. The van der Waals surface area contributed by atoms with Crippen LogP contribution in [0.2, 0.25) is 0 Å². The molecule has 0 aliphatic rings. The number of fused-ring (bicyclic) bond motifs is 1. The summed E-state index contributed by atoms with van der Waals surface area (Å²) in [5, 5.41) is 14.5. The lowest BCUT2D eigenvalue weighted by Crippen LogP contribution is -2.12. The molecule has 1 amide bonds. The van der Waals surface area contributed by atoms with Crippen molar-refractivity contribution in [3.05, 3.63) is 71.8 Å². The quantitative estimate of drug-likeness (QED) is 0.693. The van der Waals surface area contributed by atoms with E-state index >= 15 is 0 Å². The summed E-state index contributed by atoms with van der Waals surface area (Å²) in [6.07, 6.45) is 0. The van der Waals surface area contributed by atoms with E-state index in [0.29, 0.717) is 11.3 Å². The number of anilines is 1. The van der Waals surface area contributed by atoms with Gasteiger partial charge in [-0.15, -0.1) is 0 Å². The molecule has 0 heterocycles. The second kappa shape index (κ2) is 5.29. The second-order valence-electron chi connectivity index (χ2n) is 5.00. The lowest BCUT2D eigenvalue weighted by atomic mass is 10.0. The standard InChI is InChI=1S/C18H15NO2/c1-12-9-10-17(20)16(11-12)19-18(21)15-8-4-6-13-5-2-3-7-14(13)15/h2-11,20H,1H3,(H,19,21). The summed E-state index contributed by atoms with van der Waals surface area (Å²) in [5.74, 6) is -0.165. The molecular weight excluding hydrogens is 262 g/mol. The third kappa shape index (κ3) is 2.58. The van der Waals surface area contributed by atoms with Gasteiger partial charge in [0.05, 0.1) is 5.69 Å². The van der Waals surface area contributed by atoms with Crippen LogP contribution < -0.4 is 5.32 Å². The van der Waals surface area contributed by atoms with Crippen LogP contribution in [0, 0.1) is 6.92 Å². The van der Waals surface area contributed by atoms with E-state index in [1.54, 1.807) is 24.3 Å². The van der Waals surface area contributed by atoms with Crippen LogP contribution in [-0.2, 0) is 0 Å². The van der Waals surface area contributed by atoms with E-state index in [0.717, 1.165) is 16.3 Å². The SMILES string of the molecule is Cc1ccc(O)c(NC(=O)c2cccc3ccccc23)c1. The topological polar surface area (TPSA) is 49.3 Å². The van der Waals surface area contributed by atoms with E-state index in [9.17, 15) is 9.90 Å². The van der Waals surface area contributed by atoms with Gasteiger partial charge in [-0.1, -0.05) is 42.5 Å². The van der Waals surface area contributed by atoms with Crippen LogP contribution in [-0.4, -0.2) is 11.0 Å². The summed E-state index contributed by atoms with van der Waals surface area (Å²) in [7, 11) is 0. The number of phenolic OH excluding ortho intramolecular Hbond substituents is 1. The number of amides is 1. The molecule has 3 aromatic carbocycles. The molecule has 0 spiro atoms. The molecule has 0 bridgehead atoms. The number of aromatic hydroxyl groups is 1. The van der Waals surface area contributed by atoms with Crippen molar-refractivity contribution in [1.29, 1.82) is 0 Å². The third-order valence-corrected chi connectivity index (χ3v) is 3.43. The number of carbonyl (C=O) groups excluding carboxylic acids is 1. The average molecular weight is 277 g/mol. The number of aryl methyl sites for hydroxylation is 1. The van der Waals surface area contributed by atoms with E-state index in [1.165, 1.54) is 0 Å². The lowest BCUT2D eigenvalue weighted by molar-refractivity contribution is 0.102. The summed E-state index contributed by atoms with van der Waals surface area (Å²) in [6, 6.07) is 18.5. The molecule has 0 saturated heterocycles. The lowest BCUT2D eigenvalue weighted by Gasteiger charge is -2.10. The number of carbonyl (C=O) groups is 1. The van der Waals surface area contributed by atoms with Gasteiger partial charge < -0.3 is 10.4 Å². The number of hydrogen-bond donors (Lipinski definition) is 2. The molecule has 0 radical (unpaired) electrons. The van der Waals surface area contributed by atoms with Crippen LogP contribution in [0.25, 0.3) is 10.8 Å². The van der Waals surface area contributed by atoms with Crippen molar-refractivity contribution in [3.8, 4) is 5.75 Å². The van der Waals surface area contributed by atoms with E-state index in [2.05, 4.69) is 5.32 Å². The van der Waals surface area contributed by atoms with Gasteiger partial charge in [-0.2, -0.15) is 0 Å². The zero-order chi connectivity index (χ0) is 14.8. The van der Waals surface area contributed by atoms with Crippen LogP contribution in [0.1, 0.15) is 15.9 Å². The van der Waals surface area contributed by atoms with Gasteiger partial charge in [0.25, 0.3) is 5.91 Å². The van der Waals surface area contributed by atoms with Crippen LogP contribution >= 0.6 is 0 Å². The Bertz CT molecular complexity index is 819. The Labute approximate surface area is 122 Å². The number of rotatable bonds is 2. The first-order chi connectivity index (χ1) is 10.1. The van der Waals surface area contributed by atoms with E-state index in [4.69, 9.17) is 0 Å². The van der Waals surface area contributed by atoms with E-state index in [-0.39, 0.29) is 11.7 Å². The van der Waals surface area contributed by atoms with Crippen molar-refractivity contribution in [2.45, 2.75) is 6.92 Å². The second-order valence-corrected chi connectivity index (χ2v) is 5.00. The molecule has 3 nitrogen and oxygen atoms in total. The Morgan fingerprint density at radius 1 is 1.00 bits per heavy atom. The van der Waals surface area contributed by atoms with Crippen molar-refractivity contribution in [2.75, 3.05) is 5.32 Å². The Balaban J connectivity index is 1.99. The van der Waals surface area contributed by atoms with Crippen LogP contribution in [0.4, 0.5) is 5.69 Å². The maximum absolute atomic E-state index is 12.5. The Morgan fingerprint density at radius 3 is 2.62 bits per heavy atom. The fourth-order valence-corrected chi connectivity index (χ4v) is 2.36. The minimum absolute atomic E-state index is 0.0641. The molecule has 0 aliphatic heterocycles. The monoisotopic (exact) mass is 277 g/mol. The molecule has 21 heavy (non-hydrogen) atoms.